The van der Waals surface area contributed by atoms with Gasteiger partial charge in [0.25, 0.3) is 0 Å². The van der Waals surface area contributed by atoms with Crippen molar-refractivity contribution >= 4 is 33.2 Å². The Morgan fingerprint density at radius 1 is 1.42 bits per heavy atom. The maximum atomic E-state index is 11.3. The molecule has 1 aliphatic carbocycles. The third-order valence-electron chi connectivity index (χ3n) is 3.63. The van der Waals surface area contributed by atoms with Gasteiger partial charge < -0.3 is 11.1 Å². The summed E-state index contributed by atoms with van der Waals surface area (Å²) in [6.45, 7) is 0.863. The summed E-state index contributed by atoms with van der Waals surface area (Å²) < 4.78 is 22.8. The van der Waals surface area contributed by atoms with Gasteiger partial charge in [0.1, 0.15) is 4.90 Å². The van der Waals surface area contributed by atoms with Crippen LogP contribution in [0.5, 0.6) is 0 Å². The molecule has 0 saturated heterocycles. The van der Waals surface area contributed by atoms with E-state index in [4.69, 9.17) is 10.9 Å². The molecule has 0 unspecified atom stereocenters. The number of hydrogen-bond donors (Lipinski definition) is 3. The van der Waals surface area contributed by atoms with Crippen LogP contribution in [0.25, 0.3) is 0 Å². The smallest absolute Gasteiger partial charge is 0.240 e. The molecular weight excluding hydrogens is 282 g/mol. The van der Waals surface area contributed by atoms with Gasteiger partial charge in [0.2, 0.25) is 10.0 Å². The van der Waals surface area contributed by atoms with Gasteiger partial charge in [-0.1, -0.05) is 6.42 Å². The van der Waals surface area contributed by atoms with Crippen molar-refractivity contribution in [2.24, 2.45) is 5.14 Å². The van der Waals surface area contributed by atoms with Gasteiger partial charge in [-0.05, 0) is 37.3 Å². The highest BCUT2D eigenvalue weighted by Gasteiger charge is 2.35. The summed E-state index contributed by atoms with van der Waals surface area (Å²) >= 11 is 1.88. The molecule has 1 fully saturated rings. The Bertz CT molecular complexity index is 563. The number of benzene rings is 1. The van der Waals surface area contributed by atoms with E-state index in [1.807, 2.05) is 11.8 Å². The van der Waals surface area contributed by atoms with Gasteiger partial charge in [0.15, 0.2) is 0 Å². The van der Waals surface area contributed by atoms with Crippen molar-refractivity contribution in [1.29, 1.82) is 0 Å². The van der Waals surface area contributed by atoms with E-state index >= 15 is 0 Å². The molecule has 0 aromatic heterocycles. The molecule has 0 spiro atoms. The van der Waals surface area contributed by atoms with Crippen LogP contribution >= 0.6 is 11.8 Å². The average molecular weight is 301 g/mol. The Balaban J connectivity index is 2.09. The zero-order chi connectivity index (χ0) is 14.1. The molecule has 0 aliphatic heterocycles. The summed E-state index contributed by atoms with van der Waals surface area (Å²) in [5.41, 5.74) is 6.73. The molecule has 0 bridgehead atoms. The summed E-state index contributed by atoms with van der Waals surface area (Å²) in [4.78, 5) is -0.0266. The van der Waals surface area contributed by atoms with Gasteiger partial charge >= 0.3 is 0 Å². The van der Waals surface area contributed by atoms with E-state index in [0.717, 1.165) is 12.2 Å². The number of nitrogens with one attached hydrogen (secondary N) is 1. The lowest BCUT2D eigenvalue weighted by Gasteiger charge is -2.40. The molecule has 1 aromatic carbocycles. The monoisotopic (exact) mass is 301 g/mol. The third kappa shape index (κ3) is 3.16. The minimum Gasteiger partial charge on any atom is -0.398 e. The van der Waals surface area contributed by atoms with Crippen molar-refractivity contribution in [1.82, 2.24) is 0 Å². The van der Waals surface area contributed by atoms with Crippen LogP contribution in [0.1, 0.15) is 19.3 Å². The topological polar surface area (TPSA) is 98.2 Å². The molecule has 0 atom stereocenters. The van der Waals surface area contributed by atoms with Crippen LogP contribution in [0, 0.1) is 0 Å². The fraction of sp³-hybridized carbons (Fsp3) is 0.500. The standard InChI is InChI=1S/C12H19N3O2S2/c1-18-12(5-2-6-12)8-15-9-3-4-11(10(13)7-9)19(14,16)17/h3-4,7,15H,2,5-6,8,13H2,1H3,(H2,14,16,17). The summed E-state index contributed by atoms with van der Waals surface area (Å²) in [6.07, 6.45) is 5.83. The summed E-state index contributed by atoms with van der Waals surface area (Å²) in [5, 5.41) is 8.39. The summed E-state index contributed by atoms with van der Waals surface area (Å²) in [7, 11) is -3.75. The second-order valence-corrected chi connectivity index (χ2v) is 7.70. The first-order chi connectivity index (χ1) is 8.86. The zero-order valence-corrected chi connectivity index (χ0v) is 12.5. The lowest BCUT2D eigenvalue weighted by molar-refractivity contribution is 0.380. The van der Waals surface area contributed by atoms with E-state index in [2.05, 4.69) is 11.6 Å². The second kappa shape index (κ2) is 5.22. The zero-order valence-electron chi connectivity index (χ0n) is 10.8. The van der Waals surface area contributed by atoms with Gasteiger partial charge in [-0.15, -0.1) is 0 Å². The molecule has 106 valence electrons. The minimum atomic E-state index is -3.75. The average Bonchev–Trinajstić information content (AvgIpc) is 2.26. The number of primary sulfonamides is 1. The van der Waals surface area contributed by atoms with Crippen LogP contribution in [0.2, 0.25) is 0 Å². The van der Waals surface area contributed by atoms with E-state index < -0.39 is 10.0 Å². The van der Waals surface area contributed by atoms with Gasteiger partial charge in [0, 0.05) is 17.0 Å². The molecule has 7 heteroatoms. The van der Waals surface area contributed by atoms with Crippen LogP contribution in [-0.2, 0) is 10.0 Å². The number of sulfonamides is 1. The molecule has 1 aromatic rings. The fourth-order valence-corrected chi connectivity index (χ4v) is 3.76. The fourth-order valence-electron chi connectivity index (χ4n) is 2.20. The molecule has 5 nitrogen and oxygen atoms in total. The van der Waals surface area contributed by atoms with Crippen LogP contribution < -0.4 is 16.2 Å². The number of hydrogen-bond acceptors (Lipinski definition) is 5. The normalized spacial score (nSPS) is 17.8. The molecule has 0 amide bonds. The number of nitrogen functional groups attached to an aromatic ring is 1. The molecule has 0 radical (unpaired) electrons. The molecule has 5 N–H and O–H groups in total. The number of thioether (sulfide) groups is 1. The molecular formula is C12H19N3O2S2. The Hall–Kier alpha value is -0.920. The van der Waals surface area contributed by atoms with E-state index in [1.165, 1.54) is 25.3 Å². The molecule has 2 rings (SSSR count). The molecule has 19 heavy (non-hydrogen) atoms. The van der Waals surface area contributed by atoms with Crippen molar-refractivity contribution in [2.75, 3.05) is 23.9 Å². The highest BCUT2D eigenvalue weighted by Crippen LogP contribution is 2.42. The van der Waals surface area contributed by atoms with E-state index in [-0.39, 0.29) is 10.6 Å². The number of rotatable bonds is 5. The maximum absolute atomic E-state index is 11.3. The third-order valence-corrected chi connectivity index (χ3v) is 6.03. The maximum Gasteiger partial charge on any atom is 0.240 e. The summed E-state index contributed by atoms with van der Waals surface area (Å²) in [5.74, 6) is 0. The lowest BCUT2D eigenvalue weighted by Crippen LogP contribution is -2.40. The van der Waals surface area contributed by atoms with Gasteiger partial charge in [-0.25, -0.2) is 13.6 Å². The van der Waals surface area contributed by atoms with Gasteiger partial charge in [0.05, 0.1) is 5.69 Å². The number of anilines is 2. The van der Waals surface area contributed by atoms with E-state index in [9.17, 15) is 8.42 Å². The first kappa shape index (κ1) is 14.5. The van der Waals surface area contributed by atoms with Gasteiger partial charge in [-0.2, -0.15) is 11.8 Å². The highest BCUT2D eigenvalue weighted by atomic mass is 32.2. The predicted octanol–water partition coefficient (Wildman–Crippen LogP) is 1.61. The highest BCUT2D eigenvalue weighted by molar-refractivity contribution is 8.00. The van der Waals surface area contributed by atoms with E-state index in [1.54, 1.807) is 12.1 Å². The Morgan fingerprint density at radius 3 is 2.53 bits per heavy atom. The summed E-state index contributed by atoms with van der Waals surface area (Å²) in [6, 6.07) is 4.76. The van der Waals surface area contributed by atoms with Crippen LogP contribution in [0.4, 0.5) is 11.4 Å². The van der Waals surface area contributed by atoms with Crippen molar-refractivity contribution in [3.8, 4) is 0 Å². The van der Waals surface area contributed by atoms with Crippen molar-refractivity contribution in [2.45, 2.75) is 28.9 Å². The minimum absolute atomic E-state index is 0.0266. The lowest BCUT2D eigenvalue weighted by atomic mass is 9.84. The molecule has 0 heterocycles. The Morgan fingerprint density at radius 2 is 2.11 bits per heavy atom. The van der Waals surface area contributed by atoms with E-state index in [0.29, 0.717) is 4.75 Å². The predicted molar refractivity (Wildman–Crippen MR) is 80.8 cm³/mol. The molecule has 1 saturated carbocycles. The van der Waals surface area contributed by atoms with Gasteiger partial charge in [-0.3, -0.25) is 0 Å². The Kier molecular flexibility index (Phi) is 3.98. The quantitative estimate of drug-likeness (QED) is 0.718. The van der Waals surface area contributed by atoms with Crippen molar-refractivity contribution in [3.63, 3.8) is 0 Å². The van der Waals surface area contributed by atoms with Crippen LogP contribution in [0.3, 0.4) is 0 Å². The first-order valence-electron chi connectivity index (χ1n) is 6.08. The largest absolute Gasteiger partial charge is 0.398 e. The van der Waals surface area contributed by atoms with Crippen LogP contribution in [0.15, 0.2) is 23.1 Å². The SMILES string of the molecule is CSC1(CNc2ccc(S(N)(=O)=O)c(N)c2)CCC1. The van der Waals surface area contributed by atoms with Crippen molar-refractivity contribution in [3.05, 3.63) is 18.2 Å². The number of nitrogens with two attached hydrogens (primary N) is 2. The first-order valence-corrected chi connectivity index (χ1v) is 8.85. The van der Waals surface area contributed by atoms with Crippen molar-refractivity contribution < 1.29 is 8.42 Å². The second-order valence-electron chi connectivity index (χ2n) is 4.89. The molecule has 1 aliphatic rings. The Labute approximate surface area is 118 Å². The van der Waals surface area contributed by atoms with Crippen LogP contribution in [-0.4, -0.2) is 26.0 Å².